The summed E-state index contributed by atoms with van der Waals surface area (Å²) in [5.74, 6) is 2.20. The van der Waals surface area contributed by atoms with Crippen LogP contribution in [0.3, 0.4) is 0 Å². The van der Waals surface area contributed by atoms with Gasteiger partial charge in [0.1, 0.15) is 0 Å². The molecule has 0 aromatic carbocycles. The second-order valence-corrected chi connectivity index (χ2v) is 5.46. The molecule has 0 aliphatic carbocycles. The highest BCUT2D eigenvalue weighted by atomic mass is 15.2. The van der Waals surface area contributed by atoms with Crippen LogP contribution in [0.1, 0.15) is 38.2 Å². The van der Waals surface area contributed by atoms with Gasteiger partial charge in [0.15, 0.2) is 0 Å². The summed E-state index contributed by atoms with van der Waals surface area (Å²) in [4.78, 5) is 11.3. The minimum atomic E-state index is 0.500. The molecule has 1 aromatic rings. The van der Waals surface area contributed by atoms with E-state index < -0.39 is 0 Å². The Balaban J connectivity index is 1.93. The normalized spacial score (nSPS) is 17.4. The molecule has 18 heavy (non-hydrogen) atoms. The van der Waals surface area contributed by atoms with Gasteiger partial charge in [-0.3, -0.25) is 0 Å². The summed E-state index contributed by atoms with van der Waals surface area (Å²) in [6, 6.07) is 0. The van der Waals surface area contributed by atoms with Crippen LogP contribution in [0.2, 0.25) is 0 Å². The van der Waals surface area contributed by atoms with Gasteiger partial charge in [-0.15, -0.1) is 0 Å². The van der Waals surface area contributed by atoms with Crippen LogP contribution in [-0.4, -0.2) is 36.6 Å². The number of hydrogen-bond acceptors (Lipinski definition) is 4. The third-order valence-electron chi connectivity index (χ3n) is 3.72. The van der Waals surface area contributed by atoms with Crippen LogP contribution in [-0.2, 0) is 0 Å². The van der Waals surface area contributed by atoms with E-state index in [9.17, 15) is 0 Å². The number of piperidine rings is 1. The quantitative estimate of drug-likeness (QED) is 0.885. The molecule has 0 atom stereocenters. The van der Waals surface area contributed by atoms with Gasteiger partial charge in [-0.25, -0.2) is 9.97 Å². The summed E-state index contributed by atoms with van der Waals surface area (Å²) in [6.07, 6.45) is 6.39. The van der Waals surface area contributed by atoms with Crippen LogP contribution >= 0.6 is 0 Å². The first-order chi connectivity index (χ1) is 8.70. The van der Waals surface area contributed by atoms with Gasteiger partial charge in [-0.05, 0) is 43.8 Å². The van der Waals surface area contributed by atoms with Gasteiger partial charge < -0.3 is 10.2 Å². The highest BCUT2D eigenvalue weighted by Crippen LogP contribution is 2.20. The number of rotatable bonds is 4. The zero-order valence-electron chi connectivity index (χ0n) is 11.7. The van der Waals surface area contributed by atoms with Crippen LogP contribution in [0.5, 0.6) is 0 Å². The SMILES string of the molecule is CNCC1CCN(c2ncc(C(C)C)cn2)CC1. The molecule has 1 aliphatic rings. The average molecular weight is 248 g/mol. The van der Waals surface area contributed by atoms with E-state index in [1.54, 1.807) is 0 Å². The molecule has 4 nitrogen and oxygen atoms in total. The molecule has 0 bridgehead atoms. The van der Waals surface area contributed by atoms with Crippen molar-refractivity contribution in [2.75, 3.05) is 31.6 Å². The predicted octanol–water partition coefficient (Wildman–Crippen LogP) is 2.04. The summed E-state index contributed by atoms with van der Waals surface area (Å²) in [6.45, 7) is 7.62. The van der Waals surface area contributed by atoms with Crippen molar-refractivity contribution in [1.82, 2.24) is 15.3 Å². The molecule has 1 aliphatic heterocycles. The summed E-state index contributed by atoms with van der Waals surface area (Å²) < 4.78 is 0. The number of nitrogens with zero attached hydrogens (tertiary/aromatic N) is 3. The minimum absolute atomic E-state index is 0.500. The molecular formula is C14H24N4. The first-order valence-corrected chi connectivity index (χ1v) is 6.92. The summed E-state index contributed by atoms with van der Waals surface area (Å²) in [5, 5.41) is 3.26. The zero-order valence-corrected chi connectivity index (χ0v) is 11.7. The summed E-state index contributed by atoms with van der Waals surface area (Å²) in [7, 11) is 2.03. The van der Waals surface area contributed by atoms with E-state index in [-0.39, 0.29) is 0 Å². The van der Waals surface area contributed by atoms with E-state index in [1.165, 1.54) is 18.4 Å². The molecule has 0 spiro atoms. The molecule has 4 heteroatoms. The Morgan fingerprint density at radius 2 is 1.89 bits per heavy atom. The van der Waals surface area contributed by atoms with Crippen molar-refractivity contribution >= 4 is 5.95 Å². The molecule has 1 fully saturated rings. The fourth-order valence-electron chi connectivity index (χ4n) is 2.42. The Kier molecular flexibility index (Phi) is 4.53. The van der Waals surface area contributed by atoms with Crippen molar-refractivity contribution in [2.45, 2.75) is 32.6 Å². The monoisotopic (exact) mass is 248 g/mol. The van der Waals surface area contributed by atoms with Crippen LogP contribution in [0, 0.1) is 5.92 Å². The molecule has 2 rings (SSSR count). The lowest BCUT2D eigenvalue weighted by Gasteiger charge is -2.31. The maximum atomic E-state index is 4.49. The molecule has 2 heterocycles. The lowest BCUT2D eigenvalue weighted by molar-refractivity contribution is 0.391. The van der Waals surface area contributed by atoms with E-state index in [0.29, 0.717) is 5.92 Å². The van der Waals surface area contributed by atoms with Crippen LogP contribution in [0.15, 0.2) is 12.4 Å². The Morgan fingerprint density at radius 3 is 2.39 bits per heavy atom. The Morgan fingerprint density at radius 1 is 1.28 bits per heavy atom. The molecule has 0 amide bonds. The van der Waals surface area contributed by atoms with Gasteiger partial charge in [0, 0.05) is 25.5 Å². The molecule has 0 unspecified atom stereocenters. The first-order valence-electron chi connectivity index (χ1n) is 6.92. The van der Waals surface area contributed by atoms with E-state index in [2.05, 4.69) is 34.0 Å². The highest BCUT2D eigenvalue weighted by Gasteiger charge is 2.20. The topological polar surface area (TPSA) is 41.0 Å². The number of anilines is 1. The van der Waals surface area contributed by atoms with Crippen LogP contribution in [0.4, 0.5) is 5.95 Å². The predicted molar refractivity (Wildman–Crippen MR) is 75.0 cm³/mol. The van der Waals surface area contributed by atoms with Gasteiger partial charge in [0.2, 0.25) is 5.95 Å². The molecular weight excluding hydrogens is 224 g/mol. The maximum Gasteiger partial charge on any atom is 0.225 e. The van der Waals surface area contributed by atoms with E-state index >= 15 is 0 Å². The molecule has 0 radical (unpaired) electrons. The second-order valence-electron chi connectivity index (χ2n) is 5.46. The van der Waals surface area contributed by atoms with Crippen molar-refractivity contribution in [1.29, 1.82) is 0 Å². The van der Waals surface area contributed by atoms with Gasteiger partial charge in [0.25, 0.3) is 0 Å². The number of hydrogen-bond donors (Lipinski definition) is 1. The number of aromatic nitrogens is 2. The smallest absolute Gasteiger partial charge is 0.225 e. The first kappa shape index (κ1) is 13.3. The van der Waals surface area contributed by atoms with Crippen molar-refractivity contribution in [3.05, 3.63) is 18.0 Å². The zero-order chi connectivity index (χ0) is 13.0. The lowest BCUT2D eigenvalue weighted by Crippen LogP contribution is -2.37. The summed E-state index contributed by atoms with van der Waals surface area (Å²) >= 11 is 0. The van der Waals surface area contributed by atoms with Crippen molar-refractivity contribution in [3.8, 4) is 0 Å². The third-order valence-corrected chi connectivity index (χ3v) is 3.72. The maximum absolute atomic E-state index is 4.49. The van der Waals surface area contributed by atoms with E-state index in [0.717, 1.165) is 31.5 Å². The van der Waals surface area contributed by atoms with Crippen LogP contribution < -0.4 is 10.2 Å². The Bertz CT molecular complexity index is 353. The third kappa shape index (κ3) is 3.19. The second kappa shape index (κ2) is 6.14. The van der Waals surface area contributed by atoms with Gasteiger partial charge in [0.05, 0.1) is 0 Å². The van der Waals surface area contributed by atoms with E-state index in [1.807, 2.05) is 19.4 Å². The Hall–Kier alpha value is -1.16. The largest absolute Gasteiger partial charge is 0.341 e. The van der Waals surface area contributed by atoms with Gasteiger partial charge in [-0.2, -0.15) is 0 Å². The molecule has 0 saturated carbocycles. The van der Waals surface area contributed by atoms with E-state index in [4.69, 9.17) is 0 Å². The van der Waals surface area contributed by atoms with Crippen molar-refractivity contribution in [2.24, 2.45) is 5.92 Å². The van der Waals surface area contributed by atoms with Gasteiger partial charge >= 0.3 is 0 Å². The average Bonchev–Trinajstić information content (AvgIpc) is 2.40. The number of nitrogens with one attached hydrogen (secondary N) is 1. The van der Waals surface area contributed by atoms with Crippen molar-refractivity contribution < 1.29 is 0 Å². The fourth-order valence-corrected chi connectivity index (χ4v) is 2.42. The fraction of sp³-hybridized carbons (Fsp3) is 0.714. The Labute approximate surface area is 110 Å². The standard InChI is InChI=1S/C14H24N4/c1-11(2)13-9-16-14(17-10-13)18-6-4-12(5-7-18)8-15-3/h9-12,15H,4-8H2,1-3H3. The summed E-state index contributed by atoms with van der Waals surface area (Å²) in [5.41, 5.74) is 1.21. The van der Waals surface area contributed by atoms with Gasteiger partial charge in [-0.1, -0.05) is 13.8 Å². The lowest BCUT2D eigenvalue weighted by atomic mass is 9.97. The van der Waals surface area contributed by atoms with Crippen LogP contribution in [0.25, 0.3) is 0 Å². The highest BCUT2D eigenvalue weighted by molar-refractivity contribution is 5.31. The minimum Gasteiger partial charge on any atom is -0.341 e. The molecule has 1 saturated heterocycles. The molecule has 1 N–H and O–H groups in total. The molecule has 1 aromatic heterocycles. The van der Waals surface area contributed by atoms with Crippen molar-refractivity contribution in [3.63, 3.8) is 0 Å². The molecule has 100 valence electrons.